The van der Waals surface area contributed by atoms with Gasteiger partial charge in [-0.05, 0) is 29.8 Å². The quantitative estimate of drug-likeness (QED) is 0.443. The number of carbonyl (C=O) groups is 1. The molecule has 1 fully saturated rings. The zero-order valence-electron chi connectivity index (χ0n) is 17.7. The Bertz CT molecular complexity index is 940. The number of ether oxygens (including phenoxy) is 2. The molecule has 1 aliphatic heterocycles. The van der Waals surface area contributed by atoms with E-state index < -0.39 is 10.2 Å². The fourth-order valence-corrected chi connectivity index (χ4v) is 3.75. The Morgan fingerprint density at radius 2 is 1.72 bits per heavy atom. The van der Waals surface area contributed by atoms with Crippen molar-refractivity contribution in [3.05, 3.63) is 60.2 Å². The molecule has 0 radical (unpaired) electrons. The fraction of sp³-hybridized carbons (Fsp3) is 0.381. The third-order valence-corrected chi connectivity index (χ3v) is 5.67. The van der Waals surface area contributed by atoms with E-state index in [0.29, 0.717) is 37.8 Å². The number of amides is 1. The van der Waals surface area contributed by atoms with Gasteiger partial charge in [-0.2, -0.15) is 17.9 Å². The summed E-state index contributed by atoms with van der Waals surface area (Å²) in [7, 11) is -3.82. The van der Waals surface area contributed by atoms with E-state index in [0.717, 1.165) is 18.7 Å². The third-order valence-electron chi connectivity index (χ3n) is 4.62. The Morgan fingerprint density at radius 1 is 1.00 bits per heavy atom. The topological polar surface area (TPSA) is 109 Å². The molecule has 0 aliphatic carbocycles. The maximum absolute atomic E-state index is 12.1. The molecular formula is C21H29ClN4O5S. The van der Waals surface area contributed by atoms with Crippen LogP contribution in [0.5, 0.6) is 11.5 Å². The number of halogens is 1. The van der Waals surface area contributed by atoms with Crippen molar-refractivity contribution < 1.29 is 22.7 Å². The van der Waals surface area contributed by atoms with E-state index in [1.807, 2.05) is 30.3 Å². The maximum atomic E-state index is 12.1. The van der Waals surface area contributed by atoms with Crippen LogP contribution in [0.4, 0.5) is 0 Å². The molecule has 0 unspecified atom stereocenters. The monoisotopic (exact) mass is 484 g/mol. The highest BCUT2D eigenvalue weighted by molar-refractivity contribution is 7.87. The number of morpholine rings is 1. The van der Waals surface area contributed by atoms with Gasteiger partial charge < -0.3 is 14.8 Å². The van der Waals surface area contributed by atoms with Gasteiger partial charge >= 0.3 is 0 Å². The normalized spacial score (nSPS) is 14.4. The van der Waals surface area contributed by atoms with Crippen LogP contribution in [-0.2, 0) is 26.3 Å². The van der Waals surface area contributed by atoms with Gasteiger partial charge in [0.2, 0.25) is 5.91 Å². The number of nitrogens with one attached hydrogen (secondary N) is 3. The van der Waals surface area contributed by atoms with Gasteiger partial charge in [-0.15, -0.1) is 12.4 Å². The summed E-state index contributed by atoms with van der Waals surface area (Å²) in [6.07, 6.45) is 0. The minimum atomic E-state index is -3.82. The van der Waals surface area contributed by atoms with Crippen molar-refractivity contribution in [3.63, 3.8) is 0 Å². The van der Waals surface area contributed by atoms with Gasteiger partial charge in [0.1, 0.15) is 11.5 Å². The second-order valence-electron chi connectivity index (χ2n) is 7.01. The molecule has 1 aliphatic rings. The lowest BCUT2D eigenvalue weighted by Gasteiger charge is -2.26. The van der Waals surface area contributed by atoms with Crippen LogP contribution in [0, 0.1) is 0 Å². The molecule has 9 nitrogen and oxygen atoms in total. The summed E-state index contributed by atoms with van der Waals surface area (Å²) in [5, 5.41) is 2.71. The highest BCUT2D eigenvalue weighted by Gasteiger charge is 2.13. The van der Waals surface area contributed by atoms with E-state index in [-0.39, 0.29) is 31.4 Å². The molecule has 3 N–H and O–H groups in total. The van der Waals surface area contributed by atoms with Crippen molar-refractivity contribution in [2.75, 3.05) is 45.9 Å². The Labute approximate surface area is 195 Å². The predicted molar refractivity (Wildman–Crippen MR) is 124 cm³/mol. The fourth-order valence-electron chi connectivity index (χ4n) is 2.97. The number of benzene rings is 2. The van der Waals surface area contributed by atoms with Crippen LogP contribution < -0.4 is 19.5 Å². The smallest absolute Gasteiger partial charge is 0.277 e. The molecule has 1 amide bonds. The lowest BCUT2D eigenvalue weighted by Crippen LogP contribution is -2.45. The van der Waals surface area contributed by atoms with Gasteiger partial charge in [-0.1, -0.05) is 30.3 Å². The molecule has 1 saturated heterocycles. The average Bonchev–Trinajstić information content (AvgIpc) is 2.78. The third kappa shape index (κ3) is 9.51. The standard InChI is InChI=1S/C21H28N4O5S.ClH/c26-21(22-9-10-25-11-13-29-14-12-25)17-24-31(27,28)23-16-18-5-4-8-20(15-18)30-19-6-2-1-3-7-19;/h1-8,15,23-24H,9-14,16-17H2,(H,22,26);1H. The van der Waals surface area contributed by atoms with Crippen molar-refractivity contribution in [1.82, 2.24) is 19.7 Å². The zero-order chi connectivity index (χ0) is 21.9. The van der Waals surface area contributed by atoms with Crippen molar-refractivity contribution in [3.8, 4) is 11.5 Å². The molecule has 3 rings (SSSR count). The lowest BCUT2D eigenvalue weighted by atomic mass is 10.2. The SMILES string of the molecule is Cl.O=C(CNS(=O)(=O)NCc1cccc(Oc2ccccc2)c1)NCCN1CCOCC1. The van der Waals surface area contributed by atoms with E-state index in [1.54, 1.807) is 24.3 Å². The van der Waals surface area contributed by atoms with E-state index in [1.165, 1.54) is 0 Å². The summed E-state index contributed by atoms with van der Waals surface area (Å²) in [6, 6.07) is 16.5. The van der Waals surface area contributed by atoms with Gasteiger partial charge in [0.05, 0.1) is 19.8 Å². The summed E-state index contributed by atoms with van der Waals surface area (Å²) in [5.74, 6) is 0.925. The Morgan fingerprint density at radius 3 is 2.47 bits per heavy atom. The molecule has 0 bridgehead atoms. The molecule has 2 aromatic carbocycles. The van der Waals surface area contributed by atoms with E-state index in [2.05, 4.69) is 19.7 Å². The Hall–Kier alpha value is -2.21. The summed E-state index contributed by atoms with van der Waals surface area (Å²) in [6.45, 7) is 3.98. The molecule has 1 heterocycles. The first-order chi connectivity index (χ1) is 15.0. The largest absolute Gasteiger partial charge is 0.457 e. The summed E-state index contributed by atoms with van der Waals surface area (Å²) in [4.78, 5) is 14.1. The highest BCUT2D eigenvalue weighted by atomic mass is 35.5. The second kappa shape index (κ2) is 13.4. The molecule has 32 heavy (non-hydrogen) atoms. The second-order valence-corrected chi connectivity index (χ2v) is 8.60. The molecule has 0 atom stereocenters. The number of carbonyl (C=O) groups excluding carboxylic acids is 1. The van der Waals surface area contributed by atoms with E-state index >= 15 is 0 Å². The average molecular weight is 485 g/mol. The molecule has 0 aromatic heterocycles. The van der Waals surface area contributed by atoms with Crippen molar-refractivity contribution in [2.24, 2.45) is 0 Å². The van der Waals surface area contributed by atoms with Crippen LogP contribution >= 0.6 is 12.4 Å². The highest BCUT2D eigenvalue weighted by Crippen LogP contribution is 2.21. The van der Waals surface area contributed by atoms with E-state index in [4.69, 9.17) is 9.47 Å². The van der Waals surface area contributed by atoms with Crippen molar-refractivity contribution >= 4 is 28.5 Å². The first-order valence-corrected chi connectivity index (χ1v) is 11.6. The number of hydrogen-bond donors (Lipinski definition) is 3. The van der Waals surface area contributed by atoms with Crippen molar-refractivity contribution in [1.29, 1.82) is 0 Å². The van der Waals surface area contributed by atoms with Gasteiger partial charge in [0.15, 0.2) is 0 Å². The number of para-hydroxylation sites is 1. The molecule has 0 spiro atoms. The molecular weight excluding hydrogens is 456 g/mol. The van der Waals surface area contributed by atoms with E-state index in [9.17, 15) is 13.2 Å². The van der Waals surface area contributed by atoms with Gasteiger partial charge in [-0.3, -0.25) is 9.69 Å². The van der Waals surface area contributed by atoms with Crippen LogP contribution in [0.3, 0.4) is 0 Å². The van der Waals surface area contributed by atoms with Crippen LogP contribution in [0.15, 0.2) is 54.6 Å². The molecule has 11 heteroatoms. The lowest BCUT2D eigenvalue weighted by molar-refractivity contribution is -0.120. The zero-order valence-corrected chi connectivity index (χ0v) is 19.3. The van der Waals surface area contributed by atoms with Crippen LogP contribution in [0.2, 0.25) is 0 Å². The van der Waals surface area contributed by atoms with Gasteiger partial charge in [-0.25, -0.2) is 0 Å². The number of nitrogens with zero attached hydrogens (tertiary/aromatic N) is 1. The predicted octanol–water partition coefficient (Wildman–Crippen LogP) is 1.27. The minimum absolute atomic E-state index is 0. The number of hydrogen-bond acceptors (Lipinski definition) is 6. The summed E-state index contributed by atoms with van der Waals surface area (Å²) >= 11 is 0. The Kier molecular flexibility index (Phi) is 10.9. The van der Waals surface area contributed by atoms with Gasteiger partial charge in [0, 0.05) is 32.7 Å². The number of rotatable bonds is 11. The molecule has 176 valence electrons. The van der Waals surface area contributed by atoms with Gasteiger partial charge in [0.25, 0.3) is 10.2 Å². The first-order valence-electron chi connectivity index (χ1n) is 10.1. The van der Waals surface area contributed by atoms with Crippen LogP contribution in [0.1, 0.15) is 5.56 Å². The van der Waals surface area contributed by atoms with Crippen LogP contribution in [0.25, 0.3) is 0 Å². The Balaban J connectivity index is 0.00000363. The van der Waals surface area contributed by atoms with Crippen LogP contribution in [-0.4, -0.2) is 65.2 Å². The molecule has 2 aromatic rings. The first kappa shape index (κ1) is 26.0. The summed E-state index contributed by atoms with van der Waals surface area (Å²) in [5.41, 5.74) is 0.730. The molecule has 0 saturated carbocycles. The minimum Gasteiger partial charge on any atom is -0.457 e. The summed E-state index contributed by atoms with van der Waals surface area (Å²) < 4.78 is 40.0. The maximum Gasteiger partial charge on any atom is 0.277 e. The van der Waals surface area contributed by atoms with Crippen molar-refractivity contribution in [2.45, 2.75) is 6.54 Å².